The van der Waals surface area contributed by atoms with Crippen molar-refractivity contribution >= 4 is 23.6 Å². The molecule has 1 unspecified atom stereocenters. The number of thioether (sulfide) groups is 1. The summed E-state index contributed by atoms with van der Waals surface area (Å²) in [7, 11) is 3.44. The van der Waals surface area contributed by atoms with Crippen LogP contribution in [0.25, 0.3) is 0 Å². The van der Waals surface area contributed by atoms with Gasteiger partial charge in [-0.25, -0.2) is 9.38 Å². The third-order valence-corrected chi connectivity index (χ3v) is 4.66. The minimum atomic E-state index is -0.213. The van der Waals surface area contributed by atoms with Crippen molar-refractivity contribution in [2.24, 2.45) is 4.99 Å². The largest absolute Gasteiger partial charge is 0.356 e. The number of guanidine groups is 1. The van der Waals surface area contributed by atoms with E-state index < -0.39 is 0 Å². The molecule has 0 aromatic heterocycles. The second-order valence-electron chi connectivity index (χ2n) is 5.99. The lowest BCUT2D eigenvalue weighted by Crippen LogP contribution is -2.43. The summed E-state index contributed by atoms with van der Waals surface area (Å²) in [5.41, 5.74) is 0. The number of likely N-dealkylation sites (N-methyl/N-ethyl adjacent to an activating group) is 1. The van der Waals surface area contributed by atoms with Crippen LogP contribution in [0.3, 0.4) is 0 Å². The van der Waals surface area contributed by atoms with Crippen LogP contribution in [0.4, 0.5) is 4.39 Å². The van der Waals surface area contributed by atoms with E-state index in [0.717, 1.165) is 30.0 Å². The van der Waals surface area contributed by atoms with Gasteiger partial charge in [0.05, 0.1) is 0 Å². The van der Waals surface area contributed by atoms with Crippen LogP contribution in [-0.2, 0) is 4.79 Å². The number of carbonyl (C=O) groups is 1. The van der Waals surface area contributed by atoms with Crippen molar-refractivity contribution in [3.63, 3.8) is 0 Å². The Kier molecular flexibility index (Phi) is 9.99. The van der Waals surface area contributed by atoms with Crippen molar-refractivity contribution in [2.45, 2.75) is 37.6 Å². The van der Waals surface area contributed by atoms with Crippen molar-refractivity contribution < 1.29 is 9.18 Å². The Morgan fingerprint density at radius 3 is 2.60 bits per heavy atom. The molecule has 0 aliphatic carbocycles. The van der Waals surface area contributed by atoms with Gasteiger partial charge in [0.15, 0.2) is 5.96 Å². The van der Waals surface area contributed by atoms with Gasteiger partial charge in [-0.05, 0) is 49.8 Å². The number of hydrogen-bond donors (Lipinski definition) is 2. The Labute approximate surface area is 154 Å². The first-order chi connectivity index (χ1) is 11.9. The zero-order chi connectivity index (χ0) is 18.7. The monoisotopic (exact) mass is 368 g/mol. The minimum absolute atomic E-state index is 0.0304. The van der Waals surface area contributed by atoms with Crippen molar-refractivity contribution in [1.29, 1.82) is 0 Å². The number of nitrogens with one attached hydrogen (secondary N) is 2. The molecule has 0 fully saturated rings. The molecular weight excluding hydrogens is 339 g/mol. The molecule has 0 spiro atoms. The van der Waals surface area contributed by atoms with Gasteiger partial charge in [-0.1, -0.05) is 6.92 Å². The minimum Gasteiger partial charge on any atom is -0.356 e. The fraction of sp³-hybridized carbons (Fsp3) is 0.556. The van der Waals surface area contributed by atoms with Gasteiger partial charge in [0.1, 0.15) is 12.4 Å². The summed E-state index contributed by atoms with van der Waals surface area (Å²) in [5.74, 6) is 1.34. The van der Waals surface area contributed by atoms with Crippen LogP contribution in [0.2, 0.25) is 0 Å². The third kappa shape index (κ3) is 9.34. The predicted molar refractivity (Wildman–Crippen MR) is 104 cm³/mol. The first kappa shape index (κ1) is 21.3. The maximum Gasteiger partial charge on any atom is 0.243 e. The van der Waals surface area contributed by atoms with E-state index in [4.69, 9.17) is 0 Å². The zero-order valence-electron chi connectivity index (χ0n) is 15.5. The van der Waals surface area contributed by atoms with E-state index in [2.05, 4.69) is 29.5 Å². The van der Waals surface area contributed by atoms with Crippen LogP contribution in [0, 0.1) is 5.82 Å². The van der Waals surface area contributed by atoms with Gasteiger partial charge in [-0.2, -0.15) is 0 Å². The Bertz CT molecular complexity index is 549. The number of carbonyl (C=O) groups excluding carboxylic acids is 1. The smallest absolute Gasteiger partial charge is 0.243 e. The SMILES string of the molecule is CCC(C)NC(=NCC(=O)N(C)C)NCCCSc1ccc(F)cc1. The van der Waals surface area contributed by atoms with Gasteiger partial charge in [0.2, 0.25) is 5.91 Å². The molecule has 0 saturated heterocycles. The molecule has 1 aromatic rings. The summed E-state index contributed by atoms with van der Waals surface area (Å²) >= 11 is 1.69. The van der Waals surface area contributed by atoms with Crippen molar-refractivity contribution in [2.75, 3.05) is 32.9 Å². The van der Waals surface area contributed by atoms with Gasteiger partial charge >= 0.3 is 0 Å². The summed E-state index contributed by atoms with van der Waals surface area (Å²) in [4.78, 5) is 18.6. The second kappa shape index (κ2) is 11.7. The van der Waals surface area contributed by atoms with Crippen LogP contribution < -0.4 is 10.6 Å². The van der Waals surface area contributed by atoms with Crippen LogP contribution in [0.5, 0.6) is 0 Å². The number of amides is 1. The molecule has 1 atom stereocenters. The van der Waals surface area contributed by atoms with Crippen LogP contribution in [0.1, 0.15) is 26.7 Å². The Morgan fingerprint density at radius 2 is 2.00 bits per heavy atom. The molecule has 5 nitrogen and oxygen atoms in total. The fourth-order valence-corrected chi connectivity index (χ4v) is 2.63. The standard InChI is InChI=1S/C18H29FN4OS/c1-5-14(2)22-18(21-13-17(24)23(3)4)20-11-6-12-25-16-9-7-15(19)8-10-16/h7-10,14H,5-6,11-13H2,1-4H3,(H2,20,21,22). The van der Waals surface area contributed by atoms with E-state index in [1.807, 2.05) is 0 Å². The van der Waals surface area contributed by atoms with Gasteiger partial charge < -0.3 is 15.5 Å². The molecule has 1 aromatic carbocycles. The van der Waals surface area contributed by atoms with E-state index in [0.29, 0.717) is 5.96 Å². The first-order valence-electron chi connectivity index (χ1n) is 8.55. The van der Waals surface area contributed by atoms with Crippen molar-refractivity contribution in [3.05, 3.63) is 30.1 Å². The molecule has 25 heavy (non-hydrogen) atoms. The summed E-state index contributed by atoms with van der Waals surface area (Å²) in [6, 6.07) is 6.82. The highest BCUT2D eigenvalue weighted by molar-refractivity contribution is 7.99. The number of benzene rings is 1. The highest BCUT2D eigenvalue weighted by Crippen LogP contribution is 2.18. The number of hydrogen-bond acceptors (Lipinski definition) is 3. The summed E-state index contributed by atoms with van der Waals surface area (Å²) in [6.07, 6.45) is 1.91. The third-order valence-electron chi connectivity index (χ3n) is 3.56. The lowest BCUT2D eigenvalue weighted by atomic mass is 10.3. The number of aliphatic imine (C=N–C) groups is 1. The molecule has 7 heteroatoms. The molecule has 0 aliphatic rings. The Balaban J connectivity index is 2.39. The second-order valence-corrected chi connectivity index (χ2v) is 7.16. The highest BCUT2D eigenvalue weighted by Gasteiger charge is 2.06. The van der Waals surface area contributed by atoms with E-state index >= 15 is 0 Å². The number of halogens is 1. The first-order valence-corrected chi connectivity index (χ1v) is 9.54. The Morgan fingerprint density at radius 1 is 1.32 bits per heavy atom. The summed E-state index contributed by atoms with van der Waals surface area (Å²) in [6.45, 7) is 5.06. The number of rotatable bonds is 9. The highest BCUT2D eigenvalue weighted by atomic mass is 32.2. The maximum absolute atomic E-state index is 12.9. The topological polar surface area (TPSA) is 56.7 Å². The van der Waals surface area contributed by atoms with Gasteiger partial charge in [-0.3, -0.25) is 4.79 Å². The van der Waals surface area contributed by atoms with Gasteiger partial charge in [0, 0.05) is 31.6 Å². The zero-order valence-corrected chi connectivity index (χ0v) is 16.3. The molecular formula is C18H29FN4OS. The molecule has 2 N–H and O–H groups in total. The summed E-state index contributed by atoms with van der Waals surface area (Å²) in [5, 5.41) is 6.56. The fourth-order valence-electron chi connectivity index (χ4n) is 1.78. The van der Waals surface area contributed by atoms with E-state index in [1.54, 1.807) is 38.0 Å². The van der Waals surface area contributed by atoms with Crippen LogP contribution in [0.15, 0.2) is 34.2 Å². The molecule has 0 radical (unpaired) electrons. The molecule has 1 rings (SSSR count). The lowest BCUT2D eigenvalue weighted by Gasteiger charge is -2.17. The Hall–Kier alpha value is -1.76. The van der Waals surface area contributed by atoms with E-state index in [1.165, 1.54) is 17.0 Å². The van der Waals surface area contributed by atoms with Crippen LogP contribution >= 0.6 is 11.8 Å². The predicted octanol–water partition coefficient (Wildman–Crippen LogP) is 2.73. The average molecular weight is 369 g/mol. The summed E-state index contributed by atoms with van der Waals surface area (Å²) < 4.78 is 12.9. The molecule has 140 valence electrons. The molecule has 0 saturated carbocycles. The van der Waals surface area contributed by atoms with Crippen molar-refractivity contribution in [3.8, 4) is 0 Å². The lowest BCUT2D eigenvalue weighted by molar-refractivity contribution is -0.127. The van der Waals surface area contributed by atoms with Crippen LogP contribution in [-0.4, -0.2) is 55.7 Å². The average Bonchev–Trinajstić information content (AvgIpc) is 2.60. The molecule has 0 heterocycles. The van der Waals surface area contributed by atoms with E-state index in [-0.39, 0.29) is 24.3 Å². The van der Waals surface area contributed by atoms with Crippen molar-refractivity contribution in [1.82, 2.24) is 15.5 Å². The van der Waals surface area contributed by atoms with Gasteiger partial charge in [-0.15, -0.1) is 11.8 Å². The molecule has 0 aliphatic heterocycles. The maximum atomic E-state index is 12.9. The quantitative estimate of drug-likeness (QED) is 0.305. The number of nitrogens with zero attached hydrogens (tertiary/aromatic N) is 2. The van der Waals surface area contributed by atoms with Gasteiger partial charge in [0.25, 0.3) is 0 Å². The molecule has 1 amide bonds. The molecule has 0 bridgehead atoms. The normalized spacial score (nSPS) is 12.6. The van der Waals surface area contributed by atoms with E-state index in [9.17, 15) is 9.18 Å².